The van der Waals surface area contributed by atoms with E-state index < -0.39 is 5.82 Å². The molecule has 2 nitrogen and oxygen atoms in total. The summed E-state index contributed by atoms with van der Waals surface area (Å²) in [6.07, 6.45) is 2.42. The average molecular weight is 209 g/mol. The van der Waals surface area contributed by atoms with Crippen LogP contribution in [-0.4, -0.2) is 11.1 Å². The Bertz CT molecular complexity index is 347. The summed E-state index contributed by atoms with van der Waals surface area (Å²) in [6.45, 7) is 2.91. The van der Waals surface area contributed by atoms with Crippen molar-refractivity contribution in [2.24, 2.45) is 5.92 Å². The molecule has 0 amide bonds. The summed E-state index contributed by atoms with van der Waals surface area (Å²) in [4.78, 5) is 0. The monoisotopic (exact) mass is 209 g/mol. The summed E-state index contributed by atoms with van der Waals surface area (Å²) in [5, 5.41) is 12.4. The summed E-state index contributed by atoms with van der Waals surface area (Å²) in [5.41, 5.74) is 0.879. The van der Waals surface area contributed by atoms with Crippen LogP contribution in [0.1, 0.15) is 25.3 Å². The highest BCUT2D eigenvalue weighted by molar-refractivity contribution is 5.27. The molecule has 1 aliphatic carbocycles. The molecule has 1 fully saturated rings. The Morgan fingerprint density at radius 1 is 1.47 bits per heavy atom. The molecular formula is C12H16FNO. The van der Waals surface area contributed by atoms with E-state index in [1.54, 1.807) is 6.07 Å². The lowest BCUT2D eigenvalue weighted by Crippen LogP contribution is -2.39. The van der Waals surface area contributed by atoms with Gasteiger partial charge < -0.3 is 10.4 Å². The first kappa shape index (κ1) is 10.4. The van der Waals surface area contributed by atoms with Gasteiger partial charge in [0.1, 0.15) is 0 Å². The highest BCUT2D eigenvalue weighted by Gasteiger charge is 2.24. The normalized spacial score (nSPS) is 24.9. The Morgan fingerprint density at radius 3 is 2.80 bits per heavy atom. The SMILES string of the molecule is CC1CC(NCc2ccc(O)c(F)c2)C1. The van der Waals surface area contributed by atoms with Gasteiger partial charge in [0, 0.05) is 12.6 Å². The standard InChI is InChI=1S/C12H16FNO/c1-8-4-10(5-8)14-7-9-2-3-12(15)11(13)6-9/h2-3,6,8,10,14-15H,4-5,7H2,1H3. The van der Waals surface area contributed by atoms with Gasteiger partial charge in [-0.1, -0.05) is 13.0 Å². The maximum Gasteiger partial charge on any atom is 0.165 e. The van der Waals surface area contributed by atoms with Crippen LogP contribution in [0.5, 0.6) is 5.75 Å². The van der Waals surface area contributed by atoms with Crippen LogP contribution >= 0.6 is 0 Å². The van der Waals surface area contributed by atoms with Gasteiger partial charge in [0.15, 0.2) is 11.6 Å². The highest BCUT2D eigenvalue weighted by Crippen LogP contribution is 2.26. The molecule has 1 aliphatic rings. The van der Waals surface area contributed by atoms with Crippen molar-refractivity contribution in [3.05, 3.63) is 29.6 Å². The molecule has 82 valence electrons. The minimum Gasteiger partial charge on any atom is -0.505 e. The molecule has 2 rings (SSSR count). The number of benzene rings is 1. The first-order valence-corrected chi connectivity index (χ1v) is 5.36. The Labute approximate surface area is 89.1 Å². The summed E-state index contributed by atoms with van der Waals surface area (Å²) in [5.74, 6) is -0.00801. The molecule has 1 aromatic carbocycles. The molecule has 1 saturated carbocycles. The van der Waals surface area contributed by atoms with E-state index in [1.165, 1.54) is 25.0 Å². The lowest BCUT2D eigenvalue weighted by atomic mass is 9.82. The zero-order valence-corrected chi connectivity index (χ0v) is 8.83. The fourth-order valence-corrected chi connectivity index (χ4v) is 1.99. The predicted octanol–water partition coefficient (Wildman–Crippen LogP) is 2.42. The highest BCUT2D eigenvalue weighted by atomic mass is 19.1. The Morgan fingerprint density at radius 2 is 2.20 bits per heavy atom. The van der Waals surface area contributed by atoms with E-state index in [4.69, 9.17) is 5.11 Å². The third kappa shape index (κ3) is 2.48. The minimum absolute atomic E-state index is 0.281. The molecular weight excluding hydrogens is 193 g/mol. The van der Waals surface area contributed by atoms with Crippen molar-refractivity contribution in [2.75, 3.05) is 0 Å². The fraction of sp³-hybridized carbons (Fsp3) is 0.500. The van der Waals surface area contributed by atoms with Gasteiger partial charge >= 0.3 is 0 Å². The van der Waals surface area contributed by atoms with E-state index in [1.807, 2.05) is 0 Å². The van der Waals surface area contributed by atoms with Gasteiger partial charge in [-0.05, 0) is 36.5 Å². The number of phenolic OH excluding ortho intramolecular Hbond substituents is 1. The second kappa shape index (κ2) is 4.19. The predicted molar refractivity (Wildman–Crippen MR) is 57.1 cm³/mol. The third-order valence-corrected chi connectivity index (χ3v) is 2.98. The molecule has 3 heteroatoms. The summed E-state index contributed by atoms with van der Waals surface area (Å²) in [6, 6.07) is 5.10. The van der Waals surface area contributed by atoms with Crippen LogP contribution in [0, 0.1) is 11.7 Å². The number of nitrogens with one attached hydrogen (secondary N) is 1. The Balaban J connectivity index is 1.86. The zero-order valence-electron chi connectivity index (χ0n) is 8.83. The second-order valence-corrected chi connectivity index (χ2v) is 4.44. The van der Waals surface area contributed by atoms with Gasteiger partial charge in [0.2, 0.25) is 0 Å². The van der Waals surface area contributed by atoms with Crippen LogP contribution in [-0.2, 0) is 6.54 Å². The minimum atomic E-state index is -0.545. The van der Waals surface area contributed by atoms with Crippen LogP contribution < -0.4 is 5.32 Å². The van der Waals surface area contributed by atoms with Gasteiger partial charge in [0.25, 0.3) is 0 Å². The van der Waals surface area contributed by atoms with Gasteiger partial charge in [0.05, 0.1) is 0 Å². The molecule has 0 radical (unpaired) electrons. The lowest BCUT2D eigenvalue weighted by Gasteiger charge is -2.33. The summed E-state index contributed by atoms with van der Waals surface area (Å²) in [7, 11) is 0. The molecule has 0 saturated heterocycles. The molecule has 2 N–H and O–H groups in total. The summed E-state index contributed by atoms with van der Waals surface area (Å²) >= 11 is 0. The van der Waals surface area contributed by atoms with E-state index >= 15 is 0 Å². The van der Waals surface area contributed by atoms with Crippen molar-refractivity contribution < 1.29 is 9.50 Å². The molecule has 1 aromatic rings. The number of aromatic hydroxyl groups is 1. The van der Waals surface area contributed by atoms with Crippen molar-refractivity contribution in [1.82, 2.24) is 5.32 Å². The molecule has 0 bridgehead atoms. The van der Waals surface area contributed by atoms with E-state index in [9.17, 15) is 4.39 Å². The largest absolute Gasteiger partial charge is 0.505 e. The van der Waals surface area contributed by atoms with Crippen LogP contribution in [0.15, 0.2) is 18.2 Å². The smallest absolute Gasteiger partial charge is 0.165 e. The van der Waals surface area contributed by atoms with Crippen LogP contribution in [0.25, 0.3) is 0 Å². The van der Waals surface area contributed by atoms with Gasteiger partial charge in [-0.2, -0.15) is 0 Å². The van der Waals surface area contributed by atoms with Gasteiger partial charge in [-0.25, -0.2) is 4.39 Å². The van der Waals surface area contributed by atoms with Crippen LogP contribution in [0.3, 0.4) is 0 Å². The van der Waals surface area contributed by atoms with Crippen molar-refractivity contribution in [1.29, 1.82) is 0 Å². The van der Waals surface area contributed by atoms with Crippen molar-refractivity contribution in [3.63, 3.8) is 0 Å². The fourth-order valence-electron chi connectivity index (χ4n) is 1.99. The van der Waals surface area contributed by atoms with E-state index in [-0.39, 0.29) is 5.75 Å². The van der Waals surface area contributed by atoms with Crippen molar-refractivity contribution in [2.45, 2.75) is 32.4 Å². The average Bonchev–Trinajstić information content (AvgIpc) is 2.16. The lowest BCUT2D eigenvalue weighted by molar-refractivity contribution is 0.240. The van der Waals surface area contributed by atoms with Gasteiger partial charge in [-0.15, -0.1) is 0 Å². The molecule has 0 aromatic heterocycles. The zero-order chi connectivity index (χ0) is 10.8. The molecule has 0 aliphatic heterocycles. The van der Waals surface area contributed by atoms with E-state index in [0.29, 0.717) is 12.6 Å². The number of rotatable bonds is 3. The molecule has 0 atom stereocenters. The maximum absolute atomic E-state index is 13.0. The number of hydrogen-bond acceptors (Lipinski definition) is 2. The van der Waals surface area contributed by atoms with Crippen LogP contribution in [0.4, 0.5) is 4.39 Å². The van der Waals surface area contributed by atoms with E-state index in [2.05, 4.69) is 12.2 Å². The first-order valence-electron chi connectivity index (χ1n) is 5.36. The number of hydrogen-bond donors (Lipinski definition) is 2. The van der Waals surface area contributed by atoms with E-state index in [0.717, 1.165) is 11.5 Å². The number of halogens is 1. The third-order valence-electron chi connectivity index (χ3n) is 2.98. The van der Waals surface area contributed by atoms with Crippen molar-refractivity contribution in [3.8, 4) is 5.75 Å². The van der Waals surface area contributed by atoms with Crippen LogP contribution in [0.2, 0.25) is 0 Å². The van der Waals surface area contributed by atoms with Crippen molar-refractivity contribution >= 4 is 0 Å². The first-order chi connectivity index (χ1) is 7.15. The topological polar surface area (TPSA) is 32.3 Å². The molecule has 0 unspecified atom stereocenters. The molecule has 0 spiro atoms. The Kier molecular flexibility index (Phi) is 2.91. The summed E-state index contributed by atoms with van der Waals surface area (Å²) < 4.78 is 13.0. The molecule has 15 heavy (non-hydrogen) atoms. The maximum atomic E-state index is 13.0. The number of phenols is 1. The quantitative estimate of drug-likeness (QED) is 0.801. The second-order valence-electron chi connectivity index (χ2n) is 4.44. The Hall–Kier alpha value is -1.09. The molecule has 0 heterocycles. The van der Waals surface area contributed by atoms with Gasteiger partial charge in [-0.3, -0.25) is 0 Å².